The molecular weight excluding hydrogens is 336 g/mol. The Hall–Kier alpha value is -1.92. The number of hydrogen-bond acceptors (Lipinski definition) is 3. The SMILES string of the molecule is CNC(=O)[C@H]1CC[C@H](CNS(=O)(=O)c2cccc3ccccc23)CC1. The van der Waals surface area contributed by atoms with Gasteiger partial charge in [-0.15, -0.1) is 0 Å². The van der Waals surface area contributed by atoms with E-state index in [4.69, 9.17) is 0 Å². The summed E-state index contributed by atoms with van der Waals surface area (Å²) in [6.07, 6.45) is 3.38. The fraction of sp³-hybridized carbons (Fsp3) is 0.421. The maximum absolute atomic E-state index is 12.7. The predicted octanol–water partition coefficient (Wildman–Crippen LogP) is 2.67. The number of carbonyl (C=O) groups is 1. The monoisotopic (exact) mass is 360 g/mol. The fourth-order valence-corrected chi connectivity index (χ4v) is 4.91. The third-order valence-corrected chi connectivity index (χ3v) is 6.55. The van der Waals surface area contributed by atoms with Crippen molar-refractivity contribution >= 4 is 26.7 Å². The van der Waals surface area contributed by atoms with Gasteiger partial charge in [0.15, 0.2) is 0 Å². The van der Waals surface area contributed by atoms with Crippen LogP contribution in [0.15, 0.2) is 47.4 Å². The minimum absolute atomic E-state index is 0.0657. The van der Waals surface area contributed by atoms with Crippen molar-refractivity contribution in [2.75, 3.05) is 13.6 Å². The molecule has 1 saturated carbocycles. The minimum Gasteiger partial charge on any atom is -0.359 e. The average Bonchev–Trinajstić information content (AvgIpc) is 2.65. The largest absolute Gasteiger partial charge is 0.359 e. The maximum Gasteiger partial charge on any atom is 0.241 e. The third kappa shape index (κ3) is 4.02. The summed E-state index contributed by atoms with van der Waals surface area (Å²) in [7, 11) is -1.89. The van der Waals surface area contributed by atoms with Crippen LogP contribution in [0.2, 0.25) is 0 Å². The molecule has 0 radical (unpaired) electrons. The molecule has 1 fully saturated rings. The van der Waals surface area contributed by atoms with Gasteiger partial charge in [-0.1, -0.05) is 36.4 Å². The van der Waals surface area contributed by atoms with Crippen LogP contribution in [0.25, 0.3) is 10.8 Å². The molecule has 5 nitrogen and oxygen atoms in total. The molecule has 1 aliphatic rings. The van der Waals surface area contributed by atoms with Gasteiger partial charge in [-0.2, -0.15) is 0 Å². The van der Waals surface area contributed by atoms with Gasteiger partial charge >= 0.3 is 0 Å². The van der Waals surface area contributed by atoms with E-state index < -0.39 is 10.0 Å². The van der Waals surface area contributed by atoms with Crippen LogP contribution < -0.4 is 10.0 Å². The summed E-state index contributed by atoms with van der Waals surface area (Å²) in [6, 6.07) is 12.8. The van der Waals surface area contributed by atoms with Crippen molar-refractivity contribution in [3.8, 4) is 0 Å². The molecule has 2 N–H and O–H groups in total. The van der Waals surface area contributed by atoms with Crippen LogP contribution in [-0.4, -0.2) is 27.9 Å². The lowest BCUT2D eigenvalue weighted by atomic mass is 9.82. The van der Waals surface area contributed by atoms with Crippen LogP contribution in [0.5, 0.6) is 0 Å². The highest BCUT2D eigenvalue weighted by Crippen LogP contribution is 2.29. The van der Waals surface area contributed by atoms with Crippen LogP contribution in [0.1, 0.15) is 25.7 Å². The van der Waals surface area contributed by atoms with Crippen molar-refractivity contribution in [3.05, 3.63) is 42.5 Å². The molecule has 0 unspecified atom stereocenters. The second-order valence-corrected chi connectivity index (χ2v) is 8.40. The van der Waals surface area contributed by atoms with Gasteiger partial charge in [-0.05, 0) is 43.1 Å². The Bertz CT molecular complexity index is 851. The normalized spacial score (nSPS) is 21.2. The number of hydrogen-bond donors (Lipinski definition) is 2. The Morgan fingerprint density at radius 3 is 2.44 bits per heavy atom. The van der Waals surface area contributed by atoms with E-state index in [0.717, 1.165) is 36.5 Å². The van der Waals surface area contributed by atoms with Crippen molar-refractivity contribution in [3.63, 3.8) is 0 Å². The van der Waals surface area contributed by atoms with Crippen molar-refractivity contribution in [2.45, 2.75) is 30.6 Å². The zero-order valence-corrected chi connectivity index (χ0v) is 15.2. The topological polar surface area (TPSA) is 75.3 Å². The summed E-state index contributed by atoms with van der Waals surface area (Å²) in [5, 5.41) is 4.34. The van der Waals surface area contributed by atoms with Gasteiger partial charge < -0.3 is 5.32 Å². The summed E-state index contributed by atoms with van der Waals surface area (Å²) < 4.78 is 28.2. The molecule has 2 aromatic carbocycles. The van der Waals surface area contributed by atoms with E-state index in [1.165, 1.54) is 0 Å². The van der Waals surface area contributed by atoms with Gasteiger partial charge in [0.05, 0.1) is 4.90 Å². The van der Waals surface area contributed by atoms with Crippen LogP contribution >= 0.6 is 0 Å². The first kappa shape index (κ1) is 17.9. The molecule has 0 aromatic heterocycles. The molecule has 1 aliphatic carbocycles. The Morgan fingerprint density at radius 2 is 1.72 bits per heavy atom. The molecular formula is C19H24N2O3S. The number of nitrogens with one attached hydrogen (secondary N) is 2. The molecule has 6 heteroatoms. The number of carbonyl (C=O) groups excluding carboxylic acids is 1. The Morgan fingerprint density at radius 1 is 1.04 bits per heavy atom. The highest BCUT2D eigenvalue weighted by atomic mass is 32.2. The number of sulfonamides is 1. The standard InChI is InChI=1S/C19H24N2O3S/c1-20-19(22)16-11-9-14(10-12-16)13-21-25(23,24)18-8-4-6-15-5-2-3-7-17(15)18/h2-8,14,16,21H,9-13H2,1H3,(H,20,22)/t14-,16-. The van der Waals surface area contributed by atoms with Crippen LogP contribution in [0, 0.1) is 11.8 Å². The quantitative estimate of drug-likeness (QED) is 0.861. The van der Waals surface area contributed by atoms with Gasteiger partial charge in [-0.3, -0.25) is 4.79 Å². The molecule has 25 heavy (non-hydrogen) atoms. The first-order valence-corrected chi connectivity index (χ1v) is 10.2. The second-order valence-electron chi connectivity index (χ2n) is 6.66. The van der Waals surface area contributed by atoms with Crippen molar-refractivity contribution in [1.82, 2.24) is 10.0 Å². The van der Waals surface area contributed by atoms with Gasteiger partial charge in [0.2, 0.25) is 15.9 Å². The van der Waals surface area contributed by atoms with Gasteiger partial charge in [0.1, 0.15) is 0 Å². The molecule has 0 heterocycles. The van der Waals surface area contributed by atoms with Gasteiger partial charge in [0.25, 0.3) is 0 Å². The van der Waals surface area contributed by atoms with E-state index in [1.807, 2.05) is 30.3 Å². The first-order chi connectivity index (χ1) is 12.0. The zero-order chi connectivity index (χ0) is 17.9. The fourth-order valence-electron chi connectivity index (χ4n) is 3.57. The van der Waals surface area contributed by atoms with E-state index in [1.54, 1.807) is 19.2 Å². The number of rotatable bonds is 5. The molecule has 0 aliphatic heterocycles. The molecule has 0 atom stereocenters. The van der Waals surface area contributed by atoms with Crippen LogP contribution in [0.3, 0.4) is 0 Å². The Kier molecular flexibility index (Phi) is 5.39. The molecule has 3 rings (SSSR count). The van der Waals surface area contributed by atoms with Gasteiger partial charge in [0, 0.05) is 24.9 Å². The summed E-state index contributed by atoms with van der Waals surface area (Å²) in [5.74, 6) is 0.441. The van der Waals surface area contributed by atoms with Crippen LogP contribution in [-0.2, 0) is 14.8 Å². The predicted molar refractivity (Wildman–Crippen MR) is 98.7 cm³/mol. The Labute approximate surface area is 148 Å². The van der Waals surface area contributed by atoms with E-state index in [0.29, 0.717) is 11.4 Å². The van der Waals surface area contributed by atoms with E-state index in [2.05, 4.69) is 10.0 Å². The Balaban J connectivity index is 1.66. The second kappa shape index (κ2) is 7.54. The zero-order valence-electron chi connectivity index (χ0n) is 14.4. The lowest BCUT2D eigenvalue weighted by Crippen LogP contribution is -2.35. The van der Waals surface area contributed by atoms with E-state index in [-0.39, 0.29) is 17.7 Å². The van der Waals surface area contributed by atoms with Crippen molar-refractivity contribution in [1.29, 1.82) is 0 Å². The highest BCUT2D eigenvalue weighted by Gasteiger charge is 2.27. The lowest BCUT2D eigenvalue weighted by Gasteiger charge is -2.27. The maximum atomic E-state index is 12.7. The number of amides is 1. The molecule has 0 saturated heterocycles. The van der Waals surface area contributed by atoms with E-state index in [9.17, 15) is 13.2 Å². The summed E-state index contributed by atoms with van der Waals surface area (Å²) >= 11 is 0. The highest BCUT2D eigenvalue weighted by molar-refractivity contribution is 7.89. The third-order valence-electron chi connectivity index (χ3n) is 5.07. The molecule has 2 aromatic rings. The number of benzene rings is 2. The van der Waals surface area contributed by atoms with E-state index >= 15 is 0 Å². The first-order valence-electron chi connectivity index (χ1n) is 8.70. The molecule has 0 spiro atoms. The van der Waals surface area contributed by atoms with Crippen molar-refractivity contribution in [2.24, 2.45) is 11.8 Å². The molecule has 1 amide bonds. The number of fused-ring (bicyclic) bond motifs is 1. The summed E-state index contributed by atoms with van der Waals surface area (Å²) in [6.45, 7) is 0.423. The summed E-state index contributed by atoms with van der Waals surface area (Å²) in [5.41, 5.74) is 0. The average molecular weight is 360 g/mol. The smallest absolute Gasteiger partial charge is 0.241 e. The van der Waals surface area contributed by atoms with Gasteiger partial charge in [-0.25, -0.2) is 13.1 Å². The minimum atomic E-state index is -3.55. The van der Waals surface area contributed by atoms with Crippen molar-refractivity contribution < 1.29 is 13.2 Å². The lowest BCUT2D eigenvalue weighted by molar-refractivity contribution is -0.125. The molecule has 134 valence electrons. The van der Waals surface area contributed by atoms with Crippen LogP contribution in [0.4, 0.5) is 0 Å². The summed E-state index contributed by atoms with van der Waals surface area (Å²) in [4.78, 5) is 12.0. The molecule has 0 bridgehead atoms.